The Hall–Kier alpha value is -1.43. The molecule has 26 heavy (non-hydrogen) atoms. The molecule has 5 atom stereocenters. The quantitative estimate of drug-likeness (QED) is 0.398. The average Bonchev–Trinajstić information content (AvgIpc) is 2.92. The third kappa shape index (κ3) is 7.85. The Morgan fingerprint density at radius 2 is 2.04 bits per heavy atom. The second-order valence-corrected chi connectivity index (χ2v) is 7.37. The van der Waals surface area contributed by atoms with Gasteiger partial charge in [-0.15, -0.1) is 6.58 Å². The summed E-state index contributed by atoms with van der Waals surface area (Å²) < 4.78 is 0. The third-order valence-electron chi connectivity index (χ3n) is 5.14. The summed E-state index contributed by atoms with van der Waals surface area (Å²) in [7, 11) is 0. The number of carbonyl (C=O) groups is 1. The Labute approximate surface area is 156 Å². The molecule has 0 aliphatic heterocycles. The summed E-state index contributed by atoms with van der Waals surface area (Å²) in [6.07, 6.45) is 12.7. The second-order valence-electron chi connectivity index (χ2n) is 7.37. The van der Waals surface area contributed by atoms with Crippen molar-refractivity contribution in [1.82, 2.24) is 0 Å². The first-order valence-corrected chi connectivity index (χ1v) is 9.57. The van der Waals surface area contributed by atoms with Gasteiger partial charge in [0.2, 0.25) is 0 Å². The van der Waals surface area contributed by atoms with E-state index in [9.17, 15) is 20.1 Å². The van der Waals surface area contributed by atoms with Gasteiger partial charge in [0, 0.05) is 5.92 Å². The molecule has 4 N–H and O–H groups in total. The van der Waals surface area contributed by atoms with E-state index in [0.29, 0.717) is 25.2 Å². The molecule has 1 rings (SSSR count). The van der Waals surface area contributed by atoms with Gasteiger partial charge in [0.1, 0.15) is 0 Å². The van der Waals surface area contributed by atoms with Crippen LogP contribution in [0.1, 0.15) is 58.3 Å². The number of aliphatic hydroxyl groups excluding tert-OH is 2. The summed E-state index contributed by atoms with van der Waals surface area (Å²) >= 11 is 0. The van der Waals surface area contributed by atoms with Gasteiger partial charge in [-0.1, -0.05) is 43.7 Å². The van der Waals surface area contributed by atoms with Crippen molar-refractivity contribution in [3.63, 3.8) is 0 Å². The van der Waals surface area contributed by atoms with Gasteiger partial charge < -0.3 is 20.4 Å². The van der Waals surface area contributed by atoms with Crippen LogP contribution in [0.3, 0.4) is 0 Å². The standard InChI is InChI=1S/C21H34O5/c1-3-13-21(26,4-2)14-7-10-18-16(11-12-19(18)23)8-5-6-9-17(22)15-20(24)25/h4-7,10,16-19,22-23,26H,2-3,8-9,11-15H2,1H3,(H,24,25)/t16-,17?,18+,19+,21?/m0/s1. The molecule has 2 unspecified atom stereocenters. The van der Waals surface area contributed by atoms with Crippen molar-refractivity contribution < 1.29 is 25.2 Å². The van der Waals surface area contributed by atoms with Gasteiger partial charge in [0.25, 0.3) is 0 Å². The molecule has 0 aromatic heterocycles. The molecule has 0 aromatic rings. The van der Waals surface area contributed by atoms with Crippen LogP contribution in [0.2, 0.25) is 0 Å². The third-order valence-corrected chi connectivity index (χ3v) is 5.14. The molecule has 0 radical (unpaired) electrons. The molecule has 0 spiro atoms. The fourth-order valence-electron chi connectivity index (χ4n) is 3.60. The lowest BCUT2D eigenvalue weighted by molar-refractivity contribution is -0.139. The molecule has 0 saturated heterocycles. The number of allylic oxidation sites excluding steroid dienone is 1. The van der Waals surface area contributed by atoms with Gasteiger partial charge in [-0.25, -0.2) is 0 Å². The molecule has 1 aliphatic carbocycles. The Morgan fingerprint density at radius 3 is 2.65 bits per heavy atom. The van der Waals surface area contributed by atoms with Gasteiger partial charge >= 0.3 is 5.97 Å². The number of rotatable bonds is 12. The average molecular weight is 366 g/mol. The smallest absolute Gasteiger partial charge is 0.305 e. The highest BCUT2D eigenvalue weighted by molar-refractivity contribution is 5.67. The van der Waals surface area contributed by atoms with Crippen molar-refractivity contribution in [2.75, 3.05) is 0 Å². The highest BCUT2D eigenvalue weighted by atomic mass is 16.4. The summed E-state index contributed by atoms with van der Waals surface area (Å²) in [5.74, 6) is -0.631. The van der Waals surface area contributed by atoms with Crippen LogP contribution >= 0.6 is 0 Å². The minimum atomic E-state index is -1.00. The zero-order valence-corrected chi connectivity index (χ0v) is 15.8. The fraction of sp³-hybridized carbons (Fsp3) is 0.667. The van der Waals surface area contributed by atoms with E-state index in [1.165, 1.54) is 0 Å². The van der Waals surface area contributed by atoms with Crippen molar-refractivity contribution in [2.45, 2.75) is 76.1 Å². The summed E-state index contributed by atoms with van der Waals surface area (Å²) in [5.41, 5.74) is -0.884. The number of carboxylic acids is 1. The van der Waals surface area contributed by atoms with Gasteiger partial charge in [-0.2, -0.15) is 0 Å². The van der Waals surface area contributed by atoms with Crippen LogP contribution in [0, 0.1) is 11.8 Å². The van der Waals surface area contributed by atoms with E-state index in [2.05, 4.69) is 6.58 Å². The highest BCUT2D eigenvalue weighted by Gasteiger charge is 2.32. The lowest BCUT2D eigenvalue weighted by Crippen LogP contribution is -2.24. The van der Waals surface area contributed by atoms with Crippen LogP contribution in [0.15, 0.2) is 37.0 Å². The molecule has 1 saturated carbocycles. The lowest BCUT2D eigenvalue weighted by Gasteiger charge is -2.23. The second kappa shape index (κ2) is 11.3. The zero-order chi connectivity index (χ0) is 19.6. The number of aliphatic carboxylic acids is 1. The van der Waals surface area contributed by atoms with Gasteiger partial charge in [-0.05, 0) is 44.4 Å². The SMILES string of the molecule is C=CC(O)(CC=C[C@@H]1[C@@H](CC=CCC(O)CC(=O)O)CC[C@H]1O)CCC. The van der Waals surface area contributed by atoms with Crippen LogP contribution in [-0.4, -0.2) is 44.2 Å². The predicted molar refractivity (Wildman–Crippen MR) is 103 cm³/mol. The molecule has 0 bridgehead atoms. The first kappa shape index (κ1) is 22.6. The van der Waals surface area contributed by atoms with E-state index >= 15 is 0 Å². The number of carboxylic acid groups (broad SMARTS) is 1. The van der Waals surface area contributed by atoms with Crippen molar-refractivity contribution in [2.24, 2.45) is 11.8 Å². The first-order chi connectivity index (χ1) is 12.3. The summed E-state index contributed by atoms with van der Waals surface area (Å²) in [5, 5.41) is 38.8. The van der Waals surface area contributed by atoms with Crippen molar-refractivity contribution >= 4 is 5.97 Å². The van der Waals surface area contributed by atoms with Crippen LogP contribution < -0.4 is 0 Å². The Balaban J connectivity index is 2.52. The highest BCUT2D eigenvalue weighted by Crippen LogP contribution is 2.36. The molecule has 0 amide bonds. The maximum Gasteiger partial charge on any atom is 0.305 e. The maximum atomic E-state index is 10.5. The molecule has 0 heterocycles. The van der Waals surface area contributed by atoms with Crippen molar-refractivity contribution in [3.05, 3.63) is 37.0 Å². The minimum absolute atomic E-state index is 0.0549. The van der Waals surface area contributed by atoms with Crippen LogP contribution in [-0.2, 0) is 4.79 Å². The maximum absolute atomic E-state index is 10.5. The fourth-order valence-corrected chi connectivity index (χ4v) is 3.60. The molecule has 148 valence electrons. The van der Waals surface area contributed by atoms with E-state index in [1.807, 2.05) is 31.2 Å². The molecule has 5 heteroatoms. The Kier molecular flexibility index (Phi) is 9.84. The number of aliphatic hydroxyl groups is 3. The van der Waals surface area contributed by atoms with E-state index < -0.39 is 17.7 Å². The molecule has 1 fully saturated rings. The lowest BCUT2D eigenvalue weighted by atomic mass is 9.89. The topological polar surface area (TPSA) is 98.0 Å². The largest absolute Gasteiger partial charge is 0.481 e. The summed E-state index contributed by atoms with van der Waals surface area (Å²) in [6.45, 7) is 5.74. The van der Waals surface area contributed by atoms with E-state index in [0.717, 1.165) is 25.7 Å². The molecule has 5 nitrogen and oxygen atoms in total. The van der Waals surface area contributed by atoms with Gasteiger partial charge in [-0.3, -0.25) is 4.79 Å². The zero-order valence-electron chi connectivity index (χ0n) is 15.8. The van der Waals surface area contributed by atoms with E-state index in [4.69, 9.17) is 5.11 Å². The Bertz CT molecular complexity index is 499. The van der Waals surface area contributed by atoms with Crippen LogP contribution in [0.5, 0.6) is 0 Å². The molecular weight excluding hydrogens is 332 g/mol. The number of hydrogen-bond acceptors (Lipinski definition) is 4. The predicted octanol–water partition coefficient (Wildman–Crippen LogP) is 3.21. The van der Waals surface area contributed by atoms with Gasteiger partial charge in [0.05, 0.1) is 24.2 Å². The normalized spacial score (nSPS) is 27.0. The summed E-state index contributed by atoms with van der Waals surface area (Å²) in [4.78, 5) is 10.5. The van der Waals surface area contributed by atoms with Crippen LogP contribution in [0.25, 0.3) is 0 Å². The monoisotopic (exact) mass is 366 g/mol. The molecule has 0 aromatic carbocycles. The molecular formula is C21H34O5. The van der Waals surface area contributed by atoms with E-state index in [1.54, 1.807) is 6.08 Å². The summed E-state index contributed by atoms with van der Waals surface area (Å²) in [6, 6.07) is 0. The van der Waals surface area contributed by atoms with Gasteiger partial charge in [0.15, 0.2) is 0 Å². The van der Waals surface area contributed by atoms with Crippen LogP contribution in [0.4, 0.5) is 0 Å². The first-order valence-electron chi connectivity index (χ1n) is 9.57. The minimum Gasteiger partial charge on any atom is -0.481 e. The molecule has 1 aliphatic rings. The van der Waals surface area contributed by atoms with E-state index in [-0.39, 0.29) is 18.4 Å². The Morgan fingerprint density at radius 1 is 1.31 bits per heavy atom. The van der Waals surface area contributed by atoms with Crippen molar-refractivity contribution in [3.8, 4) is 0 Å². The van der Waals surface area contributed by atoms with Crippen molar-refractivity contribution in [1.29, 1.82) is 0 Å². The number of hydrogen-bond donors (Lipinski definition) is 4.